The molecule has 1 saturated heterocycles. The lowest BCUT2D eigenvalue weighted by atomic mass is 10.1. The van der Waals surface area contributed by atoms with Gasteiger partial charge in [-0.2, -0.15) is 0 Å². The number of ether oxygens (including phenoxy) is 2. The number of hydrogen-bond donors (Lipinski definition) is 3. The van der Waals surface area contributed by atoms with Gasteiger partial charge in [0.25, 0.3) is 5.56 Å². The molecule has 20 heavy (non-hydrogen) atoms. The van der Waals surface area contributed by atoms with Crippen LogP contribution in [0.4, 0.5) is 0 Å². The molecule has 3 N–H and O–H groups in total. The van der Waals surface area contributed by atoms with E-state index < -0.39 is 42.4 Å². The van der Waals surface area contributed by atoms with Gasteiger partial charge in [-0.3, -0.25) is 14.3 Å². The van der Waals surface area contributed by atoms with Crippen molar-refractivity contribution in [1.29, 1.82) is 0 Å². The Morgan fingerprint density at radius 1 is 1.60 bits per heavy atom. The molecule has 8 nitrogen and oxygen atoms in total. The monoisotopic (exact) mass is 282 g/mol. The first-order chi connectivity index (χ1) is 9.53. The fraction of sp³-hybridized carbons (Fsp3) is 0.500. The van der Waals surface area contributed by atoms with E-state index in [0.717, 1.165) is 10.8 Å². The SMILES string of the molecule is C#Cc1cn([C@H]2O[C@@H](CO)C(O)C2OC)c(=O)[nH]c1=O. The summed E-state index contributed by atoms with van der Waals surface area (Å²) in [6.07, 6.45) is 2.46. The van der Waals surface area contributed by atoms with E-state index in [2.05, 4.69) is 10.9 Å². The second kappa shape index (κ2) is 5.60. The summed E-state index contributed by atoms with van der Waals surface area (Å²) >= 11 is 0. The molecule has 0 aromatic carbocycles. The second-order valence-corrected chi connectivity index (χ2v) is 4.29. The van der Waals surface area contributed by atoms with Crippen molar-refractivity contribution in [2.75, 3.05) is 13.7 Å². The van der Waals surface area contributed by atoms with Crippen LogP contribution in [-0.2, 0) is 9.47 Å². The molecule has 1 aromatic rings. The number of aliphatic hydroxyl groups excluding tert-OH is 2. The van der Waals surface area contributed by atoms with Crippen molar-refractivity contribution in [3.05, 3.63) is 32.6 Å². The van der Waals surface area contributed by atoms with E-state index in [1.165, 1.54) is 7.11 Å². The number of hydrogen-bond acceptors (Lipinski definition) is 6. The van der Waals surface area contributed by atoms with Gasteiger partial charge in [-0.25, -0.2) is 4.79 Å². The van der Waals surface area contributed by atoms with Crippen molar-refractivity contribution in [1.82, 2.24) is 9.55 Å². The van der Waals surface area contributed by atoms with Crippen LogP contribution in [0.3, 0.4) is 0 Å². The molecule has 0 aliphatic carbocycles. The predicted molar refractivity (Wildman–Crippen MR) is 67.1 cm³/mol. The minimum atomic E-state index is -1.11. The van der Waals surface area contributed by atoms with E-state index in [9.17, 15) is 14.7 Å². The molecule has 8 heteroatoms. The van der Waals surface area contributed by atoms with Crippen LogP contribution in [0.2, 0.25) is 0 Å². The predicted octanol–water partition coefficient (Wildman–Crippen LogP) is -2.22. The van der Waals surface area contributed by atoms with E-state index in [1.54, 1.807) is 0 Å². The van der Waals surface area contributed by atoms with Crippen LogP contribution in [0.5, 0.6) is 0 Å². The summed E-state index contributed by atoms with van der Waals surface area (Å²) in [5.74, 6) is 2.14. The van der Waals surface area contributed by atoms with Crippen molar-refractivity contribution in [2.24, 2.45) is 0 Å². The lowest BCUT2D eigenvalue weighted by Gasteiger charge is -2.20. The molecule has 0 saturated carbocycles. The molecular weight excluding hydrogens is 268 g/mol. The minimum Gasteiger partial charge on any atom is -0.394 e. The largest absolute Gasteiger partial charge is 0.394 e. The van der Waals surface area contributed by atoms with Gasteiger partial charge in [-0.15, -0.1) is 6.42 Å². The van der Waals surface area contributed by atoms with Crippen LogP contribution in [0.15, 0.2) is 15.8 Å². The highest BCUT2D eigenvalue weighted by molar-refractivity contribution is 5.26. The van der Waals surface area contributed by atoms with Gasteiger partial charge in [0, 0.05) is 13.3 Å². The highest BCUT2D eigenvalue weighted by Gasteiger charge is 2.45. The van der Waals surface area contributed by atoms with Crippen LogP contribution in [-0.4, -0.2) is 51.8 Å². The molecule has 0 radical (unpaired) electrons. The average molecular weight is 282 g/mol. The third kappa shape index (κ3) is 2.28. The Morgan fingerprint density at radius 2 is 2.30 bits per heavy atom. The lowest BCUT2D eigenvalue weighted by molar-refractivity contribution is -0.0625. The third-order valence-corrected chi connectivity index (χ3v) is 3.16. The summed E-state index contributed by atoms with van der Waals surface area (Å²) < 4.78 is 11.5. The molecule has 2 heterocycles. The highest BCUT2D eigenvalue weighted by Crippen LogP contribution is 2.30. The van der Waals surface area contributed by atoms with Crippen molar-refractivity contribution in [3.63, 3.8) is 0 Å². The van der Waals surface area contributed by atoms with E-state index in [-0.39, 0.29) is 5.56 Å². The summed E-state index contributed by atoms with van der Waals surface area (Å²) in [6.45, 7) is -0.433. The van der Waals surface area contributed by atoms with Crippen molar-refractivity contribution >= 4 is 0 Å². The number of aromatic amines is 1. The molecule has 4 atom stereocenters. The van der Waals surface area contributed by atoms with Gasteiger partial charge in [0.1, 0.15) is 23.9 Å². The molecule has 108 valence electrons. The van der Waals surface area contributed by atoms with Gasteiger partial charge in [-0.05, 0) is 0 Å². The minimum absolute atomic E-state index is 0.0509. The van der Waals surface area contributed by atoms with Gasteiger partial charge >= 0.3 is 5.69 Å². The molecular formula is C12H14N2O6. The van der Waals surface area contributed by atoms with E-state index in [4.69, 9.17) is 21.0 Å². The summed E-state index contributed by atoms with van der Waals surface area (Å²) in [5.41, 5.74) is -1.48. The van der Waals surface area contributed by atoms with Crippen LogP contribution < -0.4 is 11.2 Å². The Morgan fingerprint density at radius 3 is 2.85 bits per heavy atom. The standard InChI is InChI=1S/C12H14N2O6/c1-3-6-4-14(12(18)13-10(6)17)11-9(19-2)8(16)7(5-15)20-11/h1,4,7-9,11,15-16H,5H2,2H3,(H,13,17,18)/t7-,8?,9?,11-/m0/s1. The maximum absolute atomic E-state index is 11.8. The Bertz CT molecular complexity index is 643. The van der Waals surface area contributed by atoms with Gasteiger partial charge < -0.3 is 19.7 Å². The Labute approximate surface area is 113 Å². The molecule has 1 aliphatic heterocycles. The van der Waals surface area contributed by atoms with Gasteiger partial charge in [0.05, 0.1) is 6.61 Å². The quantitative estimate of drug-likeness (QED) is 0.541. The normalized spacial score (nSPS) is 29.3. The maximum Gasteiger partial charge on any atom is 0.330 e. The number of H-pyrrole nitrogens is 1. The molecule has 0 spiro atoms. The first-order valence-corrected chi connectivity index (χ1v) is 5.82. The highest BCUT2D eigenvalue weighted by atomic mass is 16.6. The average Bonchev–Trinajstić information content (AvgIpc) is 2.75. The maximum atomic E-state index is 11.8. The lowest BCUT2D eigenvalue weighted by Crippen LogP contribution is -2.39. The van der Waals surface area contributed by atoms with Gasteiger partial charge in [-0.1, -0.05) is 5.92 Å². The topological polar surface area (TPSA) is 114 Å². The number of aromatic nitrogens is 2. The Hall–Kier alpha value is -1.92. The molecule has 0 amide bonds. The van der Waals surface area contributed by atoms with Crippen molar-refractivity contribution in [2.45, 2.75) is 24.5 Å². The summed E-state index contributed by atoms with van der Waals surface area (Å²) in [6, 6.07) is 0. The molecule has 2 rings (SSSR count). The van der Waals surface area contributed by atoms with Crippen molar-refractivity contribution < 1.29 is 19.7 Å². The summed E-state index contributed by atoms with van der Waals surface area (Å²) in [5, 5.41) is 19.0. The number of nitrogens with one attached hydrogen (secondary N) is 1. The first-order valence-electron chi connectivity index (χ1n) is 5.82. The summed E-state index contributed by atoms with van der Waals surface area (Å²) in [4.78, 5) is 25.3. The van der Waals surface area contributed by atoms with E-state index in [0.29, 0.717) is 0 Å². The fourth-order valence-electron chi connectivity index (χ4n) is 2.13. The molecule has 0 bridgehead atoms. The Kier molecular flexibility index (Phi) is 4.06. The zero-order valence-corrected chi connectivity index (χ0v) is 10.6. The Balaban J connectivity index is 2.49. The first kappa shape index (κ1) is 14.5. The van der Waals surface area contributed by atoms with Crippen LogP contribution >= 0.6 is 0 Å². The summed E-state index contributed by atoms with van der Waals surface area (Å²) in [7, 11) is 1.34. The zero-order chi connectivity index (χ0) is 14.9. The number of nitrogens with zero attached hydrogens (tertiary/aromatic N) is 1. The molecule has 1 fully saturated rings. The number of aliphatic hydroxyl groups is 2. The van der Waals surface area contributed by atoms with E-state index in [1.807, 2.05) is 0 Å². The number of terminal acetylenes is 1. The van der Waals surface area contributed by atoms with Crippen LogP contribution in [0.25, 0.3) is 0 Å². The van der Waals surface area contributed by atoms with E-state index >= 15 is 0 Å². The number of rotatable bonds is 3. The molecule has 1 aliphatic rings. The van der Waals surface area contributed by atoms with Crippen LogP contribution in [0.1, 0.15) is 11.8 Å². The number of methoxy groups -OCH3 is 1. The third-order valence-electron chi connectivity index (χ3n) is 3.16. The van der Waals surface area contributed by atoms with Gasteiger partial charge in [0.15, 0.2) is 6.23 Å². The van der Waals surface area contributed by atoms with Gasteiger partial charge in [0.2, 0.25) is 0 Å². The molecule has 2 unspecified atom stereocenters. The van der Waals surface area contributed by atoms with Crippen LogP contribution in [0, 0.1) is 12.3 Å². The molecule has 1 aromatic heterocycles. The smallest absolute Gasteiger partial charge is 0.330 e. The fourth-order valence-corrected chi connectivity index (χ4v) is 2.13. The second-order valence-electron chi connectivity index (χ2n) is 4.29. The zero-order valence-electron chi connectivity index (χ0n) is 10.6. The van der Waals surface area contributed by atoms with Crippen molar-refractivity contribution in [3.8, 4) is 12.3 Å².